The predicted octanol–water partition coefficient (Wildman–Crippen LogP) is 1.82. The van der Waals surface area contributed by atoms with Crippen molar-refractivity contribution in [1.29, 1.82) is 0 Å². The normalized spacial score (nSPS) is 9.92. The van der Waals surface area contributed by atoms with Gasteiger partial charge in [-0.2, -0.15) is 0 Å². The summed E-state index contributed by atoms with van der Waals surface area (Å²) in [5, 5.41) is 0.00551. The molecular formula is C8H9ClFNO. The molecule has 0 saturated carbocycles. The molecule has 66 valence electrons. The highest BCUT2D eigenvalue weighted by molar-refractivity contribution is 6.32. The molecule has 4 heteroatoms. The molecule has 0 fully saturated rings. The van der Waals surface area contributed by atoms with Gasteiger partial charge in [-0.15, -0.1) is 0 Å². The third-order valence-electron chi connectivity index (χ3n) is 1.29. The first-order valence-electron chi connectivity index (χ1n) is 3.52. The molecule has 1 aromatic rings. The van der Waals surface area contributed by atoms with Crippen LogP contribution in [0.1, 0.15) is 0 Å². The van der Waals surface area contributed by atoms with E-state index in [0.717, 1.165) is 0 Å². The molecular weight excluding hydrogens is 181 g/mol. The van der Waals surface area contributed by atoms with Gasteiger partial charge in [-0.1, -0.05) is 17.7 Å². The van der Waals surface area contributed by atoms with Crippen LogP contribution in [0.15, 0.2) is 18.2 Å². The summed E-state index contributed by atoms with van der Waals surface area (Å²) in [7, 11) is 0. The van der Waals surface area contributed by atoms with Crippen LogP contribution < -0.4 is 10.5 Å². The number of benzene rings is 1. The minimum absolute atomic E-state index is 0.00551. The maximum Gasteiger partial charge on any atom is 0.145 e. The standard InChI is InChI=1S/C8H9ClFNO/c9-8-6(10)2-1-3-7(8)12-5-4-11/h1-3H,4-5,11H2. The van der Waals surface area contributed by atoms with Crippen molar-refractivity contribution >= 4 is 11.6 Å². The second-order valence-electron chi connectivity index (χ2n) is 2.19. The van der Waals surface area contributed by atoms with Gasteiger partial charge in [-0.05, 0) is 12.1 Å². The number of ether oxygens (including phenoxy) is 1. The van der Waals surface area contributed by atoms with E-state index in [-0.39, 0.29) is 5.02 Å². The highest BCUT2D eigenvalue weighted by Gasteiger charge is 2.05. The number of hydrogen-bond donors (Lipinski definition) is 1. The fourth-order valence-corrected chi connectivity index (χ4v) is 0.945. The molecule has 0 heterocycles. The Hall–Kier alpha value is -0.800. The smallest absolute Gasteiger partial charge is 0.145 e. The van der Waals surface area contributed by atoms with Gasteiger partial charge in [0.2, 0.25) is 0 Å². The van der Waals surface area contributed by atoms with Crippen LogP contribution in [0.2, 0.25) is 5.02 Å². The molecule has 1 rings (SSSR count). The Morgan fingerprint density at radius 1 is 1.50 bits per heavy atom. The Kier molecular flexibility index (Phi) is 3.31. The summed E-state index contributed by atoms with van der Waals surface area (Å²) in [5.74, 6) is -0.145. The topological polar surface area (TPSA) is 35.2 Å². The Labute approximate surface area is 75.1 Å². The van der Waals surface area contributed by atoms with E-state index in [2.05, 4.69) is 0 Å². The van der Waals surface area contributed by atoms with Crippen LogP contribution in [-0.2, 0) is 0 Å². The average Bonchev–Trinajstić information content (AvgIpc) is 2.08. The first-order valence-corrected chi connectivity index (χ1v) is 3.90. The van der Waals surface area contributed by atoms with E-state index in [1.54, 1.807) is 6.07 Å². The second-order valence-corrected chi connectivity index (χ2v) is 2.57. The lowest BCUT2D eigenvalue weighted by Crippen LogP contribution is -2.10. The van der Waals surface area contributed by atoms with Crippen LogP contribution >= 0.6 is 11.6 Å². The zero-order valence-electron chi connectivity index (χ0n) is 6.39. The van der Waals surface area contributed by atoms with Crippen LogP contribution in [0.5, 0.6) is 5.75 Å². The van der Waals surface area contributed by atoms with Gasteiger partial charge in [-0.3, -0.25) is 0 Å². The van der Waals surface area contributed by atoms with Crippen LogP contribution in [0.4, 0.5) is 4.39 Å². The quantitative estimate of drug-likeness (QED) is 0.787. The van der Waals surface area contributed by atoms with Gasteiger partial charge in [0.1, 0.15) is 23.2 Å². The van der Waals surface area contributed by atoms with Crippen molar-refractivity contribution < 1.29 is 9.13 Å². The molecule has 1 aromatic carbocycles. The highest BCUT2D eigenvalue weighted by atomic mass is 35.5. The summed E-state index contributed by atoms with van der Waals surface area (Å²) < 4.78 is 17.8. The van der Waals surface area contributed by atoms with Gasteiger partial charge in [0, 0.05) is 6.54 Å². The molecule has 2 N–H and O–H groups in total. The lowest BCUT2D eigenvalue weighted by atomic mass is 10.3. The second kappa shape index (κ2) is 4.28. The number of rotatable bonds is 3. The van der Waals surface area contributed by atoms with Gasteiger partial charge in [0.15, 0.2) is 0 Å². The molecule has 0 amide bonds. The lowest BCUT2D eigenvalue weighted by molar-refractivity contribution is 0.327. The van der Waals surface area contributed by atoms with Crippen molar-refractivity contribution in [3.05, 3.63) is 29.0 Å². The first-order chi connectivity index (χ1) is 5.75. The van der Waals surface area contributed by atoms with E-state index in [4.69, 9.17) is 22.1 Å². The summed E-state index contributed by atoms with van der Waals surface area (Å²) in [6.45, 7) is 0.718. The van der Waals surface area contributed by atoms with E-state index in [0.29, 0.717) is 18.9 Å². The fourth-order valence-electron chi connectivity index (χ4n) is 0.764. The Morgan fingerprint density at radius 3 is 2.92 bits per heavy atom. The third-order valence-corrected chi connectivity index (χ3v) is 1.66. The van der Waals surface area contributed by atoms with Gasteiger partial charge in [0.05, 0.1) is 0 Å². The molecule has 12 heavy (non-hydrogen) atoms. The van der Waals surface area contributed by atoms with E-state index in [1.165, 1.54) is 12.1 Å². The number of halogens is 2. The molecule has 0 bridgehead atoms. The van der Waals surface area contributed by atoms with Gasteiger partial charge >= 0.3 is 0 Å². The van der Waals surface area contributed by atoms with Crippen molar-refractivity contribution in [1.82, 2.24) is 0 Å². The molecule has 0 radical (unpaired) electrons. The van der Waals surface area contributed by atoms with Crippen LogP contribution in [0.3, 0.4) is 0 Å². The van der Waals surface area contributed by atoms with Crippen molar-refractivity contribution in [2.45, 2.75) is 0 Å². The molecule has 0 aromatic heterocycles. The Balaban J connectivity index is 2.78. The molecule has 2 nitrogen and oxygen atoms in total. The summed E-state index contributed by atoms with van der Waals surface area (Å²) in [5.41, 5.74) is 5.20. The summed E-state index contributed by atoms with van der Waals surface area (Å²) in [6, 6.07) is 4.41. The van der Waals surface area contributed by atoms with E-state index in [9.17, 15) is 4.39 Å². The van der Waals surface area contributed by atoms with Crippen molar-refractivity contribution in [2.75, 3.05) is 13.2 Å². The monoisotopic (exact) mass is 189 g/mol. The summed E-state index contributed by atoms with van der Waals surface area (Å²) in [4.78, 5) is 0. The zero-order chi connectivity index (χ0) is 8.97. The third kappa shape index (κ3) is 2.09. The zero-order valence-corrected chi connectivity index (χ0v) is 7.14. The molecule has 0 aliphatic rings. The Bertz CT molecular complexity index is 267. The van der Waals surface area contributed by atoms with Crippen LogP contribution in [0.25, 0.3) is 0 Å². The number of nitrogens with two attached hydrogens (primary N) is 1. The van der Waals surface area contributed by atoms with E-state index < -0.39 is 5.82 Å². The van der Waals surface area contributed by atoms with Crippen LogP contribution in [-0.4, -0.2) is 13.2 Å². The highest BCUT2D eigenvalue weighted by Crippen LogP contribution is 2.26. The van der Waals surface area contributed by atoms with Gasteiger partial charge in [0.25, 0.3) is 0 Å². The number of hydrogen-bond acceptors (Lipinski definition) is 2. The summed E-state index contributed by atoms with van der Waals surface area (Å²) in [6.07, 6.45) is 0. The largest absolute Gasteiger partial charge is 0.491 e. The lowest BCUT2D eigenvalue weighted by Gasteiger charge is -2.05. The molecule has 0 saturated heterocycles. The van der Waals surface area contributed by atoms with Gasteiger partial charge < -0.3 is 10.5 Å². The first kappa shape index (κ1) is 9.29. The average molecular weight is 190 g/mol. The molecule has 0 aliphatic heterocycles. The maximum atomic E-state index is 12.8. The minimum Gasteiger partial charge on any atom is -0.491 e. The predicted molar refractivity (Wildman–Crippen MR) is 46.0 cm³/mol. The SMILES string of the molecule is NCCOc1cccc(F)c1Cl. The molecule has 0 unspecified atom stereocenters. The van der Waals surface area contributed by atoms with Crippen LogP contribution in [0, 0.1) is 5.82 Å². The van der Waals surface area contributed by atoms with Crippen molar-refractivity contribution in [2.24, 2.45) is 5.73 Å². The minimum atomic E-state index is -0.480. The summed E-state index contributed by atoms with van der Waals surface area (Å²) >= 11 is 5.59. The van der Waals surface area contributed by atoms with Crippen molar-refractivity contribution in [3.8, 4) is 5.75 Å². The molecule has 0 aliphatic carbocycles. The van der Waals surface area contributed by atoms with E-state index in [1.807, 2.05) is 0 Å². The van der Waals surface area contributed by atoms with Crippen molar-refractivity contribution in [3.63, 3.8) is 0 Å². The van der Waals surface area contributed by atoms with E-state index >= 15 is 0 Å². The maximum absolute atomic E-state index is 12.8. The Morgan fingerprint density at radius 2 is 2.25 bits per heavy atom. The molecule has 0 spiro atoms. The van der Waals surface area contributed by atoms with Gasteiger partial charge in [-0.25, -0.2) is 4.39 Å². The fraction of sp³-hybridized carbons (Fsp3) is 0.250. The molecule has 0 atom stereocenters.